The zero-order valence-electron chi connectivity index (χ0n) is 24.5. The molecule has 13 heteroatoms. The highest BCUT2D eigenvalue weighted by Gasteiger charge is 2.58. The molecular weight excluding hydrogens is 592 g/mol. The lowest BCUT2D eigenvalue weighted by atomic mass is 9.83. The van der Waals surface area contributed by atoms with Crippen molar-refractivity contribution in [3.8, 4) is 39.9 Å². The first-order valence-corrected chi connectivity index (χ1v) is 14.3. The first-order valence-electron chi connectivity index (χ1n) is 14.3. The van der Waals surface area contributed by atoms with E-state index in [-0.39, 0.29) is 24.9 Å². The first-order chi connectivity index (χ1) is 21.7. The Morgan fingerprint density at radius 1 is 1.00 bits per heavy atom. The summed E-state index contributed by atoms with van der Waals surface area (Å²) in [6.07, 6.45) is -8.20. The van der Waals surface area contributed by atoms with E-state index in [1.54, 1.807) is 6.07 Å². The van der Waals surface area contributed by atoms with Gasteiger partial charge >= 0.3 is 5.97 Å². The van der Waals surface area contributed by atoms with Gasteiger partial charge in [0.2, 0.25) is 5.75 Å². The Labute approximate surface area is 257 Å². The van der Waals surface area contributed by atoms with Crippen LogP contribution in [0, 0.1) is 0 Å². The van der Waals surface area contributed by atoms with E-state index < -0.39 is 48.9 Å². The van der Waals surface area contributed by atoms with Crippen molar-refractivity contribution in [2.45, 2.75) is 48.6 Å². The zero-order valence-corrected chi connectivity index (χ0v) is 24.5. The largest absolute Gasteiger partial charge is 0.493 e. The molecule has 3 heterocycles. The molecule has 0 radical (unpaired) electrons. The average Bonchev–Trinajstić information content (AvgIpc) is 3.44. The molecule has 0 aromatic heterocycles. The molecule has 0 unspecified atom stereocenters. The van der Waals surface area contributed by atoms with Crippen molar-refractivity contribution in [1.29, 1.82) is 0 Å². The van der Waals surface area contributed by atoms with Crippen LogP contribution in [0.15, 0.2) is 48.5 Å². The lowest BCUT2D eigenvalue weighted by Crippen LogP contribution is -2.69. The molecule has 0 amide bonds. The van der Waals surface area contributed by atoms with Gasteiger partial charge < -0.3 is 59.1 Å². The van der Waals surface area contributed by atoms with E-state index in [0.29, 0.717) is 40.5 Å². The zero-order chi connectivity index (χ0) is 32.0. The van der Waals surface area contributed by atoms with Crippen LogP contribution in [0.2, 0.25) is 0 Å². The number of benzene rings is 3. The molecule has 3 aliphatic rings. The van der Waals surface area contributed by atoms with Gasteiger partial charge in [0.25, 0.3) is 5.79 Å². The van der Waals surface area contributed by atoms with Gasteiger partial charge in [-0.15, -0.1) is 0 Å². The van der Waals surface area contributed by atoms with Crippen LogP contribution in [0.4, 0.5) is 0 Å². The third-order valence-corrected chi connectivity index (χ3v) is 8.53. The lowest BCUT2D eigenvalue weighted by molar-refractivity contribution is -0.338. The quantitative estimate of drug-likeness (QED) is 0.198. The highest BCUT2D eigenvalue weighted by molar-refractivity contribution is 5.75. The molecule has 6 rings (SSSR count). The van der Waals surface area contributed by atoms with Crippen LogP contribution in [0.3, 0.4) is 0 Å². The van der Waals surface area contributed by atoms with E-state index in [0.717, 1.165) is 16.7 Å². The van der Waals surface area contributed by atoms with Gasteiger partial charge in [-0.25, -0.2) is 4.79 Å². The highest BCUT2D eigenvalue weighted by Crippen LogP contribution is 2.59. The average molecular weight is 627 g/mol. The van der Waals surface area contributed by atoms with Gasteiger partial charge in [0.05, 0.1) is 26.7 Å². The Bertz CT molecular complexity index is 1580. The number of carbonyl (C=O) groups is 1. The van der Waals surface area contributed by atoms with Crippen LogP contribution >= 0.6 is 0 Å². The third kappa shape index (κ3) is 5.01. The smallest absolute Gasteiger partial charge is 0.335 e. The van der Waals surface area contributed by atoms with Crippen molar-refractivity contribution >= 4 is 5.97 Å². The minimum atomic E-state index is -2.44. The van der Waals surface area contributed by atoms with Gasteiger partial charge in [-0.3, -0.25) is 0 Å². The Morgan fingerprint density at radius 3 is 2.40 bits per heavy atom. The molecule has 1 saturated heterocycles. The number of aliphatic carboxylic acids is 1. The standard InChI is InChI=1S/C32H34O13/c1-40-21-10-16(8-9-33)22-19-13-42-20-12-17(44-32(14-34)30(37)25(36)24(35)29(45-32)31(38)39)11-18(15-6-4-3-5-7-15)23(20)26(19)43-28(22)27(21)41-2/h3-7,10-12,19,24-26,29-30,33-37H,8-9,13-14H2,1-2H3,(H,38,39)/t19-,24-,25-,26-,29-,30+,32-/m0/s1. The predicted molar refractivity (Wildman–Crippen MR) is 155 cm³/mol. The second kappa shape index (κ2) is 12.0. The molecule has 0 bridgehead atoms. The molecule has 1 fully saturated rings. The van der Waals surface area contributed by atoms with Crippen LogP contribution in [0.25, 0.3) is 11.1 Å². The summed E-state index contributed by atoms with van der Waals surface area (Å²) in [5.41, 5.74) is 3.67. The van der Waals surface area contributed by atoms with Gasteiger partial charge in [0, 0.05) is 23.8 Å². The van der Waals surface area contributed by atoms with Gasteiger partial charge in [0.1, 0.15) is 36.4 Å². The highest BCUT2D eigenvalue weighted by atomic mass is 16.7. The third-order valence-electron chi connectivity index (χ3n) is 8.53. The summed E-state index contributed by atoms with van der Waals surface area (Å²) in [7, 11) is 3.04. The number of aliphatic hydroxyl groups is 5. The number of methoxy groups -OCH3 is 2. The van der Waals surface area contributed by atoms with Crippen LogP contribution in [-0.4, -0.2) is 101 Å². The van der Waals surface area contributed by atoms with E-state index in [4.69, 9.17) is 28.4 Å². The van der Waals surface area contributed by atoms with Crippen molar-refractivity contribution in [3.63, 3.8) is 0 Å². The monoisotopic (exact) mass is 626 g/mol. The van der Waals surface area contributed by atoms with Crippen molar-refractivity contribution in [2.75, 3.05) is 34.0 Å². The Hall–Kier alpha value is -4.11. The summed E-state index contributed by atoms with van der Waals surface area (Å²) in [6.45, 7) is -0.979. The second-order valence-electron chi connectivity index (χ2n) is 11.1. The van der Waals surface area contributed by atoms with Gasteiger partial charge in [-0.05, 0) is 35.2 Å². The predicted octanol–water partition coefficient (Wildman–Crippen LogP) is 1.15. The minimum absolute atomic E-state index is 0.0163. The normalized spacial score (nSPS) is 28.2. The van der Waals surface area contributed by atoms with Crippen molar-refractivity contribution in [1.82, 2.24) is 0 Å². The topological polar surface area (TPSA) is 194 Å². The molecule has 3 aromatic rings. The molecule has 6 N–H and O–H groups in total. The number of carboxylic acid groups (broad SMARTS) is 1. The summed E-state index contributed by atoms with van der Waals surface area (Å²) in [5.74, 6) is -2.63. The summed E-state index contributed by atoms with van der Waals surface area (Å²) >= 11 is 0. The molecular formula is C32H34O13. The molecule has 3 aromatic carbocycles. The van der Waals surface area contributed by atoms with Crippen LogP contribution in [0.5, 0.6) is 28.7 Å². The SMILES string of the molecule is COc1cc(CCO)c2c(c1OC)O[C@@H]1c3c(cc(O[C@@]4(CO)O[C@H](C(=O)O)[C@@H](O)[C@H](O)[C@H]4O)cc3-c3ccccc3)OC[C@@H]21. The number of fused-ring (bicyclic) bond motifs is 5. The number of hydrogen-bond donors (Lipinski definition) is 6. The van der Waals surface area contributed by atoms with E-state index in [1.165, 1.54) is 20.3 Å². The summed E-state index contributed by atoms with van der Waals surface area (Å²) in [6, 6.07) is 14.2. The fourth-order valence-corrected chi connectivity index (χ4v) is 6.40. The van der Waals surface area contributed by atoms with Gasteiger partial charge in [-0.2, -0.15) is 0 Å². The number of rotatable bonds is 9. The van der Waals surface area contributed by atoms with E-state index >= 15 is 0 Å². The number of ether oxygens (including phenoxy) is 6. The van der Waals surface area contributed by atoms with Crippen molar-refractivity contribution in [3.05, 3.63) is 65.2 Å². The van der Waals surface area contributed by atoms with Crippen LogP contribution in [-0.2, 0) is 16.0 Å². The van der Waals surface area contributed by atoms with E-state index in [1.807, 2.05) is 36.4 Å². The maximum atomic E-state index is 11.8. The van der Waals surface area contributed by atoms with Gasteiger partial charge in [0.15, 0.2) is 23.7 Å². The Kier molecular flexibility index (Phi) is 8.24. The number of carboxylic acids is 1. The van der Waals surface area contributed by atoms with Crippen LogP contribution < -0.4 is 23.7 Å². The van der Waals surface area contributed by atoms with Crippen LogP contribution in [0.1, 0.15) is 28.7 Å². The fourth-order valence-electron chi connectivity index (χ4n) is 6.40. The molecule has 13 nitrogen and oxygen atoms in total. The molecule has 7 atom stereocenters. The Balaban J connectivity index is 1.47. The maximum absolute atomic E-state index is 11.8. The lowest BCUT2D eigenvalue weighted by Gasteiger charge is -2.46. The summed E-state index contributed by atoms with van der Waals surface area (Å²) in [4.78, 5) is 11.8. The molecule has 0 saturated carbocycles. The second-order valence-corrected chi connectivity index (χ2v) is 11.1. The van der Waals surface area contributed by atoms with Crippen molar-refractivity contribution in [2.24, 2.45) is 0 Å². The Morgan fingerprint density at radius 2 is 1.76 bits per heavy atom. The number of hydrogen-bond acceptors (Lipinski definition) is 12. The molecule has 3 aliphatic heterocycles. The van der Waals surface area contributed by atoms with Gasteiger partial charge in [-0.1, -0.05) is 30.3 Å². The fraction of sp³-hybridized carbons (Fsp3) is 0.406. The molecule has 0 aliphatic carbocycles. The maximum Gasteiger partial charge on any atom is 0.335 e. The summed E-state index contributed by atoms with van der Waals surface area (Å²) < 4.78 is 35.6. The van der Waals surface area contributed by atoms with Crippen molar-refractivity contribution < 1.29 is 63.9 Å². The molecule has 0 spiro atoms. The number of aliphatic hydroxyl groups excluding tert-OH is 5. The minimum Gasteiger partial charge on any atom is -0.493 e. The van der Waals surface area contributed by atoms with E-state index in [2.05, 4.69) is 0 Å². The first kappa shape index (κ1) is 30.9. The van der Waals surface area contributed by atoms with E-state index in [9.17, 15) is 35.4 Å². The molecule has 240 valence electrons. The summed E-state index contributed by atoms with van der Waals surface area (Å²) in [5, 5.41) is 61.2. The molecule has 45 heavy (non-hydrogen) atoms.